The summed E-state index contributed by atoms with van der Waals surface area (Å²) in [6, 6.07) is 7.33. The molecular formula is C17H23NO5. The van der Waals surface area contributed by atoms with Crippen molar-refractivity contribution in [1.82, 2.24) is 4.90 Å². The Labute approximate surface area is 136 Å². The molecule has 2 saturated heterocycles. The van der Waals surface area contributed by atoms with Gasteiger partial charge in [0.2, 0.25) is 0 Å². The van der Waals surface area contributed by atoms with Crippen molar-refractivity contribution in [2.24, 2.45) is 11.3 Å². The molecule has 2 aliphatic heterocycles. The summed E-state index contributed by atoms with van der Waals surface area (Å²) in [7, 11) is 3.28. The number of benzene rings is 1. The molecule has 2 atom stereocenters. The van der Waals surface area contributed by atoms with Gasteiger partial charge < -0.3 is 23.8 Å². The van der Waals surface area contributed by atoms with Crippen LogP contribution in [0.25, 0.3) is 0 Å². The standard InChI is InChI=1S/C17H23NO5/c1-20-11-17-10-18(7-13(17)8-22-12-17)16(19)9-23-15-6-4-3-5-14(15)21-2/h3-6,13H,7-12H2,1-2H3/t13-,17-/m0/s1. The van der Waals surface area contributed by atoms with Crippen LogP contribution in [0.15, 0.2) is 24.3 Å². The zero-order chi connectivity index (χ0) is 16.3. The summed E-state index contributed by atoms with van der Waals surface area (Å²) in [6.07, 6.45) is 0. The highest BCUT2D eigenvalue weighted by atomic mass is 16.5. The van der Waals surface area contributed by atoms with Gasteiger partial charge >= 0.3 is 0 Å². The van der Waals surface area contributed by atoms with Crippen molar-refractivity contribution in [3.05, 3.63) is 24.3 Å². The van der Waals surface area contributed by atoms with Gasteiger partial charge in [0.05, 0.1) is 26.9 Å². The fourth-order valence-electron chi connectivity index (χ4n) is 3.48. The second-order valence-electron chi connectivity index (χ2n) is 6.22. The molecule has 126 valence electrons. The molecule has 0 unspecified atom stereocenters. The van der Waals surface area contributed by atoms with Crippen LogP contribution in [0.4, 0.5) is 0 Å². The molecule has 3 rings (SSSR count). The van der Waals surface area contributed by atoms with E-state index in [-0.39, 0.29) is 17.9 Å². The molecular weight excluding hydrogens is 298 g/mol. The highest BCUT2D eigenvalue weighted by Gasteiger charge is 2.51. The maximum Gasteiger partial charge on any atom is 0.260 e. The third-order valence-electron chi connectivity index (χ3n) is 4.73. The molecule has 2 fully saturated rings. The predicted octanol–water partition coefficient (Wildman–Crippen LogP) is 1.20. The van der Waals surface area contributed by atoms with Gasteiger partial charge in [-0.3, -0.25) is 4.79 Å². The second-order valence-corrected chi connectivity index (χ2v) is 6.22. The van der Waals surface area contributed by atoms with Crippen molar-refractivity contribution >= 4 is 5.91 Å². The molecule has 0 bridgehead atoms. The van der Waals surface area contributed by atoms with Gasteiger partial charge in [0.25, 0.3) is 5.91 Å². The monoisotopic (exact) mass is 321 g/mol. The fourth-order valence-corrected chi connectivity index (χ4v) is 3.48. The van der Waals surface area contributed by atoms with Crippen molar-refractivity contribution in [2.75, 3.05) is 53.7 Å². The summed E-state index contributed by atoms with van der Waals surface area (Å²) >= 11 is 0. The van der Waals surface area contributed by atoms with Crippen LogP contribution < -0.4 is 9.47 Å². The number of carbonyl (C=O) groups is 1. The summed E-state index contributed by atoms with van der Waals surface area (Å²) in [5.74, 6) is 1.54. The number of likely N-dealkylation sites (tertiary alicyclic amines) is 1. The number of methoxy groups -OCH3 is 2. The third-order valence-corrected chi connectivity index (χ3v) is 4.73. The number of rotatable bonds is 6. The minimum atomic E-state index is -0.0607. The lowest BCUT2D eigenvalue weighted by Crippen LogP contribution is -2.38. The first-order valence-corrected chi connectivity index (χ1v) is 7.79. The lowest BCUT2D eigenvalue weighted by molar-refractivity contribution is -0.133. The molecule has 0 aliphatic carbocycles. The summed E-state index contributed by atoms with van der Waals surface area (Å²) in [6.45, 7) is 3.35. The minimum Gasteiger partial charge on any atom is -0.493 e. The Bertz CT molecular complexity index is 564. The molecule has 1 aromatic rings. The van der Waals surface area contributed by atoms with Crippen LogP contribution in [-0.4, -0.2) is 64.5 Å². The molecule has 2 aliphatic rings. The minimum absolute atomic E-state index is 0.0109. The summed E-state index contributed by atoms with van der Waals surface area (Å²) in [5, 5.41) is 0. The van der Waals surface area contributed by atoms with Gasteiger partial charge in [-0.25, -0.2) is 0 Å². The van der Waals surface area contributed by atoms with Gasteiger partial charge in [-0.05, 0) is 12.1 Å². The van der Waals surface area contributed by atoms with E-state index < -0.39 is 0 Å². The molecule has 23 heavy (non-hydrogen) atoms. The van der Waals surface area contributed by atoms with Crippen molar-refractivity contribution in [3.63, 3.8) is 0 Å². The van der Waals surface area contributed by atoms with Crippen LogP contribution >= 0.6 is 0 Å². The van der Waals surface area contributed by atoms with Gasteiger partial charge in [-0.15, -0.1) is 0 Å². The Morgan fingerprint density at radius 2 is 2.13 bits per heavy atom. The average Bonchev–Trinajstić information content (AvgIpc) is 3.10. The molecule has 6 nitrogen and oxygen atoms in total. The lowest BCUT2D eigenvalue weighted by atomic mass is 9.82. The van der Waals surface area contributed by atoms with E-state index in [1.807, 2.05) is 23.1 Å². The van der Waals surface area contributed by atoms with Gasteiger partial charge in [-0.1, -0.05) is 12.1 Å². The van der Waals surface area contributed by atoms with E-state index in [2.05, 4.69) is 0 Å². The number of ether oxygens (including phenoxy) is 4. The molecule has 2 heterocycles. The Hall–Kier alpha value is -1.79. The number of fused-ring (bicyclic) bond motifs is 1. The van der Waals surface area contributed by atoms with Crippen molar-refractivity contribution in [1.29, 1.82) is 0 Å². The quantitative estimate of drug-likeness (QED) is 0.788. The number of amides is 1. The molecule has 0 aromatic heterocycles. The largest absolute Gasteiger partial charge is 0.493 e. The van der Waals surface area contributed by atoms with Crippen LogP contribution in [0.5, 0.6) is 11.5 Å². The lowest BCUT2D eigenvalue weighted by Gasteiger charge is -2.26. The van der Waals surface area contributed by atoms with E-state index in [1.54, 1.807) is 20.3 Å². The zero-order valence-electron chi connectivity index (χ0n) is 13.6. The van der Waals surface area contributed by atoms with E-state index in [0.717, 1.165) is 0 Å². The number of carbonyl (C=O) groups excluding carboxylic acids is 1. The van der Waals surface area contributed by atoms with E-state index in [1.165, 1.54) is 0 Å². The number of hydrogen-bond acceptors (Lipinski definition) is 5. The van der Waals surface area contributed by atoms with E-state index in [0.29, 0.717) is 50.3 Å². The fraction of sp³-hybridized carbons (Fsp3) is 0.588. The van der Waals surface area contributed by atoms with Gasteiger partial charge in [0.15, 0.2) is 18.1 Å². The summed E-state index contributed by atoms with van der Waals surface area (Å²) < 4.78 is 21.8. The molecule has 0 radical (unpaired) electrons. The molecule has 1 aromatic carbocycles. The first-order valence-electron chi connectivity index (χ1n) is 7.79. The second kappa shape index (κ2) is 6.76. The molecule has 0 N–H and O–H groups in total. The van der Waals surface area contributed by atoms with Crippen LogP contribution in [0.3, 0.4) is 0 Å². The van der Waals surface area contributed by atoms with Gasteiger partial charge in [0, 0.05) is 31.5 Å². The zero-order valence-corrected chi connectivity index (χ0v) is 13.6. The van der Waals surface area contributed by atoms with Gasteiger partial charge in [-0.2, -0.15) is 0 Å². The van der Waals surface area contributed by atoms with Crippen LogP contribution in [0.1, 0.15) is 0 Å². The number of para-hydroxylation sites is 2. The van der Waals surface area contributed by atoms with Gasteiger partial charge in [0.1, 0.15) is 0 Å². The maximum atomic E-state index is 12.5. The van der Waals surface area contributed by atoms with Crippen molar-refractivity contribution in [3.8, 4) is 11.5 Å². The van der Waals surface area contributed by atoms with E-state index >= 15 is 0 Å². The molecule has 0 spiro atoms. The smallest absolute Gasteiger partial charge is 0.260 e. The van der Waals surface area contributed by atoms with Crippen LogP contribution in [0.2, 0.25) is 0 Å². The SMILES string of the molecule is COC[C@@]12COC[C@@H]1CN(C(=O)COc1ccccc1OC)C2. The first kappa shape index (κ1) is 16.1. The maximum absolute atomic E-state index is 12.5. The Kier molecular flexibility index (Phi) is 4.73. The molecule has 1 amide bonds. The van der Waals surface area contributed by atoms with E-state index in [4.69, 9.17) is 18.9 Å². The van der Waals surface area contributed by atoms with Crippen LogP contribution in [-0.2, 0) is 14.3 Å². The Morgan fingerprint density at radius 3 is 2.87 bits per heavy atom. The number of nitrogens with zero attached hydrogens (tertiary/aromatic N) is 1. The number of hydrogen-bond donors (Lipinski definition) is 0. The molecule has 0 saturated carbocycles. The highest BCUT2D eigenvalue weighted by molar-refractivity contribution is 5.78. The topological polar surface area (TPSA) is 57.2 Å². The van der Waals surface area contributed by atoms with Crippen molar-refractivity contribution in [2.45, 2.75) is 0 Å². The Morgan fingerprint density at radius 1 is 1.35 bits per heavy atom. The Balaban J connectivity index is 1.59. The summed E-state index contributed by atoms with van der Waals surface area (Å²) in [4.78, 5) is 14.3. The molecule has 6 heteroatoms. The summed E-state index contributed by atoms with van der Waals surface area (Å²) in [5.41, 5.74) is -0.0607. The average molecular weight is 321 g/mol. The predicted molar refractivity (Wildman–Crippen MR) is 83.7 cm³/mol. The van der Waals surface area contributed by atoms with Crippen molar-refractivity contribution < 1.29 is 23.7 Å². The first-order chi connectivity index (χ1) is 11.2. The highest BCUT2D eigenvalue weighted by Crippen LogP contribution is 2.41. The normalized spacial score (nSPS) is 26.2. The van der Waals surface area contributed by atoms with Crippen LogP contribution in [0, 0.1) is 11.3 Å². The van der Waals surface area contributed by atoms with E-state index in [9.17, 15) is 4.79 Å². The third kappa shape index (κ3) is 3.14.